The number of hydrogen-bond acceptors (Lipinski definition) is 6. The van der Waals surface area contributed by atoms with Gasteiger partial charge in [0.1, 0.15) is 5.76 Å². The summed E-state index contributed by atoms with van der Waals surface area (Å²) in [5, 5.41) is 12.0. The highest BCUT2D eigenvalue weighted by molar-refractivity contribution is 7.22. The maximum atomic E-state index is 13.2. The summed E-state index contributed by atoms with van der Waals surface area (Å²) in [7, 11) is 0. The molecule has 0 bridgehead atoms. The first-order valence-electron chi connectivity index (χ1n) is 9.78. The second-order valence-corrected chi connectivity index (χ2v) is 8.87. The monoisotopic (exact) mass is 461 g/mol. The van der Waals surface area contributed by atoms with E-state index in [0.29, 0.717) is 26.8 Å². The van der Waals surface area contributed by atoms with Gasteiger partial charge >= 0.3 is 5.91 Å². The highest BCUT2D eigenvalue weighted by Crippen LogP contribution is 2.44. The summed E-state index contributed by atoms with van der Waals surface area (Å²) >= 11 is 7.37. The summed E-state index contributed by atoms with van der Waals surface area (Å²) in [6.45, 7) is 1.93. The predicted molar refractivity (Wildman–Crippen MR) is 125 cm³/mol. The summed E-state index contributed by atoms with van der Waals surface area (Å²) in [6, 6.07) is 15.0. The number of ketones is 1. The van der Waals surface area contributed by atoms with Crippen molar-refractivity contribution in [2.45, 2.75) is 13.0 Å². The average molecular weight is 462 g/mol. The van der Waals surface area contributed by atoms with Crippen LogP contribution in [0.5, 0.6) is 0 Å². The number of amides is 1. The van der Waals surface area contributed by atoms with Crippen LogP contribution in [-0.2, 0) is 9.59 Å². The van der Waals surface area contributed by atoms with Crippen LogP contribution in [0.4, 0.5) is 5.13 Å². The first kappa shape index (κ1) is 20.4. The number of thiazole rings is 1. The van der Waals surface area contributed by atoms with Gasteiger partial charge < -0.3 is 5.11 Å². The number of aryl methyl sites for hydroxylation is 1. The van der Waals surface area contributed by atoms with Crippen molar-refractivity contribution in [3.63, 3.8) is 0 Å². The van der Waals surface area contributed by atoms with Crippen LogP contribution >= 0.6 is 22.9 Å². The molecule has 0 radical (unpaired) electrons. The zero-order valence-electron chi connectivity index (χ0n) is 16.8. The molecule has 0 saturated carbocycles. The number of hydrogen-bond donors (Lipinski definition) is 1. The normalized spacial score (nSPS) is 17.9. The quantitative estimate of drug-likeness (QED) is 0.255. The number of nitrogens with zero attached hydrogens (tertiary/aromatic N) is 3. The van der Waals surface area contributed by atoms with E-state index in [-0.39, 0.29) is 11.3 Å². The SMILES string of the molecule is Cc1ccc(/C(O)=C2\C(=O)C(=O)N(c3nc4ccc(Cl)cc4s3)C2c2ccncc2)cc1. The fourth-order valence-corrected chi connectivity index (χ4v) is 5.02. The number of pyridine rings is 1. The molecule has 1 amide bonds. The lowest BCUT2D eigenvalue weighted by Gasteiger charge is -2.22. The molecular formula is C24H16ClN3O3S. The third-order valence-electron chi connectivity index (χ3n) is 5.34. The third-order valence-corrected chi connectivity index (χ3v) is 6.59. The number of rotatable bonds is 3. The molecule has 158 valence electrons. The van der Waals surface area contributed by atoms with Gasteiger partial charge in [0.05, 0.1) is 21.8 Å². The number of benzene rings is 2. The lowest BCUT2D eigenvalue weighted by Crippen LogP contribution is -2.29. The second-order valence-electron chi connectivity index (χ2n) is 7.42. The summed E-state index contributed by atoms with van der Waals surface area (Å²) in [6.07, 6.45) is 3.17. The van der Waals surface area contributed by atoms with E-state index in [1.807, 2.05) is 19.1 Å². The van der Waals surface area contributed by atoms with Crippen LogP contribution in [0.15, 0.2) is 72.6 Å². The van der Waals surface area contributed by atoms with Gasteiger partial charge in [0.2, 0.25) is 0 Å². The molecule has 1 atom stereocenters. The van der Waals surface area contributed by atoms with Gasteiger partial charge in [0.25, 0.3) is 5.78 Å². The molecule has 1 N–H and O–H groups in total. The Hall–Kier alpha value is -3.55. The molecule has 1 fully saturated rings. The van der Waals surface area contributed by atoms with E-state index in [0.717, 1.165) is 10.3 Å². The van der Waals surface area contributed by atoms with Crippen molar-refractivity contribution in [1.29, 1.82) is 0 Å². The lowest BCUT2D eigenvalue weighted by atomic mass is 9.96. The highest BCUT2D eigenvalue weighted by atomic mass is 35.5. The molecular weight excluding hydrogens is 446 g/mol. The van der Waals surface area contributed by atoms with Crippen LogP contribution < -0.4 is 4.90 Å². The van der Waals surface area contributed by atoms with Crippen molar-refractivity contribution in [1.82, 2.24) is 9.97 Å². The minimum absolute atomic E-state index is 0.0161. The van der Waals surface area contributed by atoms with Gasteiger partial charge in [-0.15, -0.1) is 0 Å². The number of carbonyl (C=O) groups excluding carboxylic acids is 2. The summed E-state index contributed by atoms with van der Waals surface area (Å²) < 4.78 is 0.793. The Morgan fingerprint density at radius 3 is 2.50 bits per heavy atom. The van der Waals surface area contributed by atoms with Gasteiger partial charge in [-0.05, 0) is 42.8 Å². The summed E-state index contributed by atoms with van der Waals surface area (Å²) in [5.41, 5.74) is 2.81. The van der Waals surface area contributed by atoms with Crippen molar-refractivity contribution < 1.29 is 14.7 Å². The van der Waals surface area contributed by atoms with Crippen molar-refractivity contribution in [3.8, 4) is 0 Å². The number of Topliss-reactive ketones (excluding diaryl/α,β-unsaturated/α-hetero) is 1. The molecule has 2 aromatic heterocycles. The molecule has 8 heteroatoms. The molecule has 1 aliphatic heterocycles. The van der Waals surface area contributed by atoms with Gasteiger partial charge in [-0.3, -0.25) is 19.5 Å². The van der Waals surface area contributed by atoms with E-state index in [9.17, 15) is 14.7 Å². The predicted octanol–water partition coefficient (Wildman–Crippen LogP) is 5.28. The summed E-state index contributed by atoms with van der Waals surface area (Å²) in [5.74, 6) is -1.73. The topological polar surface area (TPSA) is 83.4 Å². The minimum Gasteiger partial charge on any atom is -0.507 e. The highest BCUT2D eigenvalue weighted by Gasteiger charge is 2.48. The standard InChI is InChI=1S/C24H16ClN3O3S/c1-13-2-4-15(5-3-13)21(29)19-20(14-8-10-26-11-9-14)28(23(31)22(19)30)24-27-17-7-6-16(25)12-18(17)32-24/h2-12,20,29H,1H3/b21-19+. The van der Waals surface area contributed by atoms with E-state index < -0.39 is 17.7 Å². The van der Waals surface area contributed by atoms with E-state index in [1.54, 1.807) is 54.9 Å². The Kier molecular flexibility index (Phi) is 5.00. The van der Waals surface area contributed by atoms with E-state index in [1.165, 1.54) is 16.2 Å². The van der Waals surface area contributed by atoms with Crippen LogP contribution in [0.2, 0.25) is 5.02 Å². The zero-order chi connectivity index (χ0) is 22.4. The van der Waals surface area contributed by atoms with Crippen molar-refractivity contribution >= 4 is 55.7 Å². The zero-order valence-corrected chi connectivity index (χ0v) is 18.4. The van der Waals surface area contributed by atoms with Crippen LogP contribution in [0.3, 0.4) is 0 Å². The Labute approximate surface area is 192 Å². The van der Waals surface area contributed by atoms with Crippen LogP contribution in [0.1, 0.15) is 22.7 Å². The molecule has 1 aliphatic rings. The smallest absolute Gasteiger partial charge is 0.301 e. The number of halogens is 1. The molecule has 1 saturated heterocycles. The Balaban J connectivity index is 1.72. The van der Waals surface area contributed by atoms with Crippen molar-refractivity contribution in [2.75, 3.05) is 4.90 Å². The Morgan fingerprint density at radius 1 is 1.06 bits per heavy atom. The van der Waals surface area contributed by atoms with Crippen LogP contribution in [-0.4, -0.2) is 26.8 Å². The van der Waals surface area contributed by atoms with Gasteiger partial charge in [0, 0.05) is 23.0 Å². The lowest BCUT2D eigenvalue weighted by molar-refractivity contribution is -0.132. The molecule has 1 unspecified atom stereocenters. The Bertz CT molecular complexity index is 1400. The fourth-order valence-electron chi connectivity index (χ4n) is 3.75. The van der Waals surface area contributed by atoms with Crippen LogP contribution in [0.25, 0.3) is 16.0 Å². The Morgan fingerprint density at radius 2 is 1.78 bits per heavy atom. The molecule has 2 aromatic carbocycles. The molecule has 32 heavy (non-hydrogen) atoms. The number of aromatic nitrogens is 2. The number of anilines is 1. The maximum Gasteiger partial charge on any atom is 0.301 e. The third kappa shape index (κ3) is 3.36. The first-order valence-corrected chi connectivity index (χ1v) is 11.0. The molecule has 4 aromatic rings. The average Bonchev–Trinajstić information content (AvgIpc) is 3.32. The molecule has 5 rings (SSSR count). The van der Waals surface area contributed by atoms with E-state index >= 15 is 0 Å². The molecule has 0 aliphatic carbocycles. The van der Waals surface area contributed by atoms with Gasteiger partial charge in [-0.2, -0.15) is 0 Å². The first-order chi connectivity index (χ1) is 15.4. The number of aliphatic hydroxyl groups excluding tert-OH is 1. The van der Waals surface area contributed by atoms with Crippen LogP contribution in [0, 0.1) is 6.92 Å². The molecule has 6 nitrogen and oxygen atoms in total. The van der Waals surface area contributed by atoms with Gasteiger partial charge in [0.15, 0.2) is 5.13 Å². The van der Waals surface area contributed by atoms with E-state index in [2.05, 4.69) is 9.97 Å². The molecule has 3 heterocycles. The van der Waals surface area contributed by atoms with E-state index in [4.69, 9.17) is 11.6 Å². The fraction of sp³-hybridized carbons (Fsp3) is 0.0833. The van der Waals surface area contributed by atoms with Gasteiger partial charge in [-0.25, -0.2) is 4.98 Å². The minimum atomic E-state index is -0.838. The summed E-state index contributed by atoms with van der Waals surface area (Å²) in [4.78, 5) is 36.3. The van der Waals surface area contributed by atoms with Gasteiger partial charge in [-0.1, -0.05) is 52.8 Å². The largest absolute Gasteiger partial charge is 0.507 e. The number of fused-ring (bicyclic) bond motifs is 1. The second kappa shape index (κ2) is 7.85. The van der Waals surface area contributed by atoms with Crippen molar-refractivity contribution in [3.05, 3.63) is 94.3 Å². The maximum absolute atomic E-state index is 13.2. The van der Waals surface area contributed by atoms with Crippen molar-refractivity contribution in [2.24, 2.45) is 0 Å². The number of carbonyl (C=O) groups is 2. The number of aliphatic hydroxyl groups is 1. The molecule has 0 spiro atoms.